The molecule has 0 spiro atoms. The van der Waals surface area contributed by atoms with Crippen molar-refractivity contribution in [2.75, 3.05) is 13.1 Å². The minimum absolute atomic E-state index is 0.0190. The van der Waals surface area contributed by atoms with Gasteiger partial charge in [0.15, 0.2) is 5.75 Å². The number of fused-ring (bicyclic) bond motifs is 2. The lowest BCUT2D eigenvalue weighted by molar-refractivity contribution is -0.172. The van der Waals surface area contributed by atoms with Gasteiger partial charge in [0.1, 0.15) is 5.75 Å². The maximum Gasteiger partial charge on any atom is 0.322 e. The van der Waals surface area contributed by atoms with E-state index in [1.165, 1.54) is 23.8 Å². The molecule has 8 heteroatoms. The zero-order valence-electron chi connectivity index (χ0n) is 23.4. The topological polar surface area (TPSA) is 97.8 Å². The summed E-state index contributed by atoms with van der Waals surface area (Å²) in [6.45, 7) is 1.98. The summed E-state index contributed by atoms with van der Waals surface area (Å²) in [5, 5.41) is 28.0. The number of H-pyrrole nitrogens is 1. The van der Waals surface area contributed by atoms with Gasteiger partial charge in [-0.3, -0.25) is 9.69 Å². The highest BCUT2D eigenvalue weighted by Crippen LogP contribution is 2.61. The highest BCUT2D eigenvalue weighted by molar-refractivity contribution is 6.00. The molecule has 1 aliphatic heterocycles. The van der Waals surface area contributed by atoms with Crippen molar-refractivity contribution in [1.29, 1.82) is 0 Å². The first kappa shape index (κ1) is 26.0. The molecule has 2 heterocycles. The van der Waals surface area contributed by atoms with Crippen molar-refractivity contribution in [2.24, 2.45) is 5.92 Å². The van der Waals surface area contributed by atoms with E-state index in [1.54, 1.807) is 14.1 Å². The molecular weight excluding hydrogens is 501 g/mol. The fraction of sp³-hybridized carbons (Fsp3) is 0.531. The van der Waals surface area contributed by atoms with E-state index < -0.39 is 11.0 Å². The van der Waals surface area contributed by atoms with Gasteiger partial charge < -0.3 is 25.2 Å². The summed E-state index contributed by atoms with van der Waals surface area (Å²) < 4.78 is 5.80. The van der Waals surface area contributed by atoms with Crippen LogP contribution in [-0.4, -0.2) is 64.8 Å². The number of aliphatic hydroxyl groups is 1. The van der Waals surface area contributed by atoms with E-state index in [0.29, 0.717) is 25.0 Å². The molecule has 2 saturated carbocycles. The number of hydrogen-bond acceptors (Lipinski definition) is 5. The number of hydrogen-bond donors (Lipinski definition) is 4. The van der Waals surface area contributed by atoms with E-state index in [2.05, 4.69) is 39.6 Å². The standard InChI is InChI=1S/C32H40BN3O4/c33-40-30-26(37)11-10-21-16-27-32(39)13-12-23(17-31(32,29(21)30)14-15-36(27)19-20-8-9-20)35-28(38)7-3-4-22-18-34-25-6-2-1-5-24(22)25/h1-2,5-6,10-11,18,20,23,27,34,37,39H,3-4,7-9,12-17,19,33H2,(H,35,38)/t23-,27+,31+,32+/m0/s1. The second kappa shape index (κ2) is 9.84. The molecule has 3 aromatic rings. The van der Waals surface area contributed by atoms with E-state index in [1.807, 2.05) is 12.1 Å². The number of benzene rings is 2. The van der Waals surface area contributed by atoms with Gasteiger partial charge in [-0.05, 0) is 93.5 Å². The number of aryl methyl sites for hydroxylation is 1. The number of piperidine rings is 1. The van der Waals surface area contributed by atoms with Gasteiger partial charge in [0.25, 0.3) is 0 Å². The molecule has 4 aliphatic rings. The summed E-state index contributed by atoms with van der Waals surface area (Å²) in [7, 11) is 1.61. The number of aromatic nitrogens is 1. The van der Waals surface area contributed by atoms with Crippen LogP contribution in [0, 0.1) is 5.92 Å². The summed E-state index contributed by atoms with van der Waals surface area (Å²) in [4.78, 5) is 19.0. The van der Waals surface area contributed by atoms with Crippen LogP contribution in [0.25, 0.3) is 10.9 Å². The van der Waals surface area contributed by atoms with Gasteiger partial charge in [-0.1, -0.05) is 24.3 Å². The first-order valence-electron chi connectivity index (χ1n) is 15.1. The third-order valence-electron chi connectivity index (χ3n) is 10.5. The predicted molar refractivity (Wildman–Crippen MR) is 157 cm³/mol. The molecule has 0 unspecified atom stereocenters. The van der Waals surface area contributed by atoms with Crippen LogP contribution in [0.4, 0.5) is 0 Å². The zero-order valence-corrected chi connectivity index (χ0v) is 23.4. The lowest BCUT2D eigenvalue weighted by atomic mass is 9.48. The number of phenols is 1. The summed E-state index contributed by atoms with van der Waals surface area (Å²) in [6.07, 6.45) is 10.4. The van der Waals surface area contributed by atoms with Crippen LogP contribution in [0.1, 0.15) is 68.1 Å². The van der Waals surface area contributed by atoms with Gasteiger partial charge >= 0.3 is 8.05 Å². The molecule has 1 saturated heterocycles. The number of para-hydroxylation sites is 1. The molecule has 4 N–H and O–H groups in total. The second-order valence-corrected chi connectivity index (χ2v) is 12.8. The lowest BCUT2D eigenvalue weighted by Gasteiger charge is -2.65. The maximum atomic E-state index is 13.2. The van der Waals surface area contributed by atoms with Gasteiger partial charge in [0.05, 0.1) is 5.60 Å². The molecule has 2 bridgehead atoms. The van der Waals surface area contributed by atoms with Crippen molar-refractivity contribution in [3.8, 4) is 11.5 Å². The van der Waals surface area contributed by atoms with Crippen LogP contribution in [0.15, 0.2) is 42.6 Å². The zero-order chi connectivity index (χ0) is 27.5. The van der Waals surface area contributed by atoms with Crippen LogP contribution in [-0.2, 0) is 23.1 Å². The van der Waals surface area contributed by atoms with Crippen LogP contribution in [0.2, 0.25) is 0 Å². The number of nitrogens with one attached hydrogen (secondary N) is 2. The van der Waals surface area contributed by atoms with Gasteiger partial charge in [-0.15, -0.1) is 0 Å². The van der Waals surface area contributed by atoms with Crippen molar-refractivity contribution < 1.29 is 19.7 Å². The third-order valence-corrected chi connectivity index (χ3v) is 10.5. The molecular formula is C32H40BN3O4. The van der Waals surface area contributed by atoms with Crippen molar-refractivity contribution in [3.63, 3.8) is 0 Å². The molecule has 7 nitrogen and oxygen atoms in total. The number of carbonyl (C=O) groups excluding carboxylic acids is 1. The van der Waals surface area contributed by atoms with E-state index in [0.717, 1.165) is 67.8 Å². The minimum atomic E-state index is -0.912. The Morgan fingerprint density at radius 3 is 2.85 bits per heavy atom. The number of carbonyl (C=O) groups is 1. The minimum Gasteiger partial charge on any atom is -0.565 e. The first-order chi connectivity index (χ1) is 19.4. The fourth-order valence-electron chi connectivity index (χ4n) is 8.44. The molecule has 7 rings (SSSR count). The Labute approximate surface area is 236 Å². The smallest absolute Gasteiger partial charge is 0.322 e. The Morgan fingerprint density at radius 2 is 2.02 bits per heavy atom. The SMILES string of the molecule is BOc1c(O)ccc2c1[C@]13CCN(CC4CC4)[C@H](C2)[C@]1(O)CC[C@H](NC(=O)CCCc1c[nH]c2ccccc12)C3. The molecule has 3 aliphatic carbocycles. The molecule has 40 heavy (non-hydrogen) atoms. The maximum absolute atomic E-state index is 13.2. The van der Waals surface area contributed by atoms with Crippen LogP contribution >= 0.6 is 0 Å². The van der Waals surface area contributed by atoms with Gasteiger partial charge in [-0.2, -0.15) is 0 Å². The molecule has 3 fully saturated rings. The first-order valence-corrected chi connectivity index (χ1v) is 15.1. The molecule has 2 aromatic carbocycles. The number of aromatic amines is 1. The number of rotatable bonds is 8. The molecule has 1 amide bonds. The van der Waals surface area contributed by atoms with E-state index >= 15 is 0 Å². The second-order valence-electron chi connectivity index (χ2n) is 12.8. The normalized spacial score (nSPS) is 29.5. The molecule has 4 atom stereocenters. The van der Waals surface area contributed by atoms with Gasteiger partial charge in [0.2, 0.25) is 5.91 Å². The average molecular weight is 542 g/mol. The van der Waals surface area contributed by atoms with Gasteiger partial charge in [-0.25, -0.2) is 0 Å². The number of phenolic OH excluding ortho intramolecular Hbond substituents is 1. The molecule has 0 radical (unpaired) electrons. The quantitative estimate of drug-likeness (QED) is 0.328. The Morgan fingerprint density at radius 1 is 1.18 bits per heavy atom. The Bertz CT molecular complexity index is 1440. The lowest BCUT2D eigenvalue weighted by Crippen LogP contribution is -2.74. The summed E-state index contributed by atoms with van der Waals surface area (Å²) >= 11 is 0. The fourth-order valence-corrected chi connectivity index (χ4v) is 8.44. The predicted octanol–water partition coefficient (Wildman–Crippen LogP) is 3.50. The van der Waals surface area contributed by atoms with Crippen LogP contribution in [0.5, 0.6) is 11.5 Å². The van der Waals surface area contributed by atoms with Crippen LogP contribution < -0.4 is 9.97 Å². The highest BCUT2D eigenvalue weighted by Gasteiger charge is 2.65. The number of nitrogens with zero attached hydrogens (tertiary/aromatic N) is 1. The number of aromatic hydroxyl groups is 1. The molecule has 210 valence electrons. The Hall–Kier alpha value is -2.97. The summed E-state index contributed by atoms with van der Waals surface area (Å²) in [5.74, 6) is 1.45. The van der Waals surface area contributed by atoms with Crippen molar-refractivity contribution in [3.05, 3.63) is 59.3 Å². The molecule has 1 aromatic heterocycles. The number of amides is 1. The highest BCUT2D eigenvalue weighted by atomic mass is 16.4. The third kappa shape index (κ3) is 4.14. The van der Waals surface area contributed by atoms with Gasteiger partial charge in [0, 0.05) is 53.1 Å². The van der Waals surface area contributed by atoms with E-state index in [4.69, 9.17) is 4.65 Å². The number of likely N-dealkylation sites (tertiary alicyclic amines) is 1. The van der Waals surface area contributed by atoms with Crippen molar-refractivity contribution in [1.82, 2.24) is 15.2 Å². The Balaban J connectivity index is 1.10. The monoisotopic (exact) mass is 541 g/mol. The summed E-state index contributed by atoms with van der Waals surface area (Å²) in [6, 6.07) is 12.1. The van der Waals surface area contributed by atoms with E-state index in [9.17, 15) is 15.0 Å². The van der Waals surface area contributed by atoms with Crippen molar-refractivity contribution in [2.45, 2.75) is 87.3 Å². The van der Waals surface area contributed by atoms with Crippen molar-refractivity contribution >= 4 is 24.9 Å². The van der Waals surface area contributed by atoms with E-state index in [-0.39, 0.29) is 23.7 Å². The summed E-state index contributed by atoms with van der Waals surface area (Å²) in [5.41, 5.74) is 3.04. The van der Waals surface area contributed by atoms with Crippen LogP contribution in [0.3, 0.4) is 0 Å². The Kier molecular flexibility index (Phi) is 6.39. The average Bonchev–Trinajstić information content (AvgIpc) is 3.68. The largest absolute Gasteiger partial charge is 0.565 e.